The summed E-state index contributed by atoms with van der Waals surface area (Å²) >= 11 is 0. The molecule has 0 radical (unpaired) electrons. The molecule has 3 fully saturated rings. The minimum absolute atomic E-state index is 0.282. The molecular weight excluding hydrogens is 250 g/mol. The zero-order valence-corrected chi connectivity index (χ0v) is 12.8. The minimum atomic E-state index is 0.282. The average molecular weight is 279 g/mol. The molecule has 2 saturated carbocycles. The molecule has 0 spiro atoms. The number of fused-ring (bicyclic) bond motifs is 2. The molecule has 3 rings (SSSR count). The van der Waals surface area contributed by atoms with Gasteiger partial charge < -0.3 is 10.0 Å². The maximum absolute atomic E-state index is 12.5. The molecule has 1 aliphatic heterocycles. The molecule has 2 bridgehead atoms. The lowest BCUT2D eigenvalue weighted by atomic mass is 9.84. The molecule has 3 nitrogen and oxygen atoms in total. The normalized spacial score (nSPS) is 35.5. The van der Waals surface area contributed by atoms with Gasteiger partial charge in [0.25, 0.3) is 0 Å². The predicted octanol–water partition coefficient (Wildman–Crippen LogP) is 2.68. The Morgan fingerprint density at radius 2 is 1.95 bits per heavy atom. The Bertz CT molecular complexity index is 349. The third-order valence-corrected chi connectivity index (χ3v) is 6.31. The lowest BCUT2D eigenvalue weighted by Gasteiger charge is -2.35. The van der Waals surface area contributed by atoms with Crippen LogP contribution in [0.3, 0.4) is 0 Å². The van der Waals surface area contributed by atoms with Crippen molar-refractivity contribution < 1.29 is 9.90 Å². The number of nitrogens with zero attached hydrogens (tertiary/aromatic N) is 1. The first-order valence-corrected chi connectivity index (χ1v) is 8.56. The van der Waals surface area contributed by atoms with E-state index in [1.165, 1.54) is 25.7 Å². The van der Waals surface area contributed by atoms with Gasteiger partial charge >= 0.3 is 0 Å². The summed E-state index contributed by atoms with van der Waals surface area (Å²) in [5, 5.41) is 9.23. The summed E-state index contributed by atoms with van der Waals surface area (Å²) in [6, 6.07) is 0. The van der Waals surface area contributed by atoms with Crippen LogP contribution in [0, 0.1) is 29.6 Å². The van der Waals surface area contributed by atoms with Crippen LogP contribution in [0.25, 0.3) is 0 Å². The topological polar surface area (TPSA) is 40.5 Å². The SMILES string of the molecule is CC(CO)C1CCN(C(=O)CC2CC3CCC2C3)CC1. The van der Waals surface area contributed by atoms with Crippen molar-refractivity contribution in [2.45, 2.75) is 51.9 Å². The Hall–Kier alpha value is -0.570. The van der Waals surface area contributed by atoms with E-state index in [4.69, 9.17) is 0 Å². The van der Waals surface area contributed by atoms with Gasteiger partial charge in [0.05, 0.1) is 0 Å². The van der Waals surface area contributed by atoms with Gasteiger partial charge in [-0.25, -0.2) is 0 Å². The summed E-state index contributed by atoms with van der Waals surface area (Å²) in [5.41, 5.74) is 0. The molecule has 2 aliphatic carbocycles. The molecule has 3 heteroatoms. The Labute approximate surface area is 122 Å². The highest BCUT2D eigenvalue weighted by Crippen LogP contribution is 2.49. The van der Waals surface area contributed by atoms with E-state index in [2.05, 4.69) is 11.8 Å². The lowest BCUT2D eigenvalue weighted by molar-refractivity contribution is -0.134. The Morgan fingerprint density at radius 1 is 1.20 bits per heavy atom. The van der Waals surface area contributed by atoms with Crippen LogP contribution in [-0.2, 0) is 4.79 Å². The highest BCUT2D eigenvalue weighted by Gasteiger charge is 2.40. The summed E-state index contributed by atoms with van der Waals surface area (Å²) in [4.78, 5) is 14.5. The summed E-state index contributed by atoms with van der Waals surface area (Å²) in [6.07, 6.45) is 8.46. The van der Waals surface area contributed by atoms with Crippen LogP contribution in [0.1, 0.15) is 51.9 Å². The van der Waals surface area contributed by atoms with E-state index in [9.17, 15) is 9.90 Å². The van der Waals surface area contributed by atoms with Crippen LogP contribution in [0.2, 0.25) is 0 Å². The van der Waals surface area contributed by atoms with E-state index in [1.54, 1.807) is 0 Å². The van der Waals surface area contributed by atoms with E-state index in [-0.39, 0.29) is 6.61 Å². The summed E-state index contributed by atoms with van der Waals surface area (Å²) < 4.78 is 0. The van der Waals surface area contributed by atoms with Crippen molar-refractivity contribution >= 4 is 5.91 Å². The number of carbonyl (C=O) groups is 1. The van der Waals surface area contributed by atoms with Crippen LogP contribution in [0.15, 0.2) is 0 Å². The maximum Gasteiger partial charge on any atom is 0.222 e. The molecule has 114 valence electrons. The molecule has 4 unspecified atom stereocenters. The fourth-order valence-electron chi connectivity index (χ4n) is 4.85. The average Bonchev–Trinajstić information content (AvgIpc) is 3.09. The zero-order chi connectivity index (χ0) is 14.1. The van der Waals surface area contributed by atoms with Gasteiger partial charge in [-0.05, 0) is 61.7 Å². The molecule has 1 amide bonds. The van der Waals surface area contributed by atoms with Gasteiger partial charge in [0.1, 0.15) is 0 Å². The van der Waals surface area contributed by atoms with Crippen LogP contribution in [0.5, 0.6) is 0 Å². The van der Waals surface area contributed by atoms with E-state index in [0.29, 0.717) is 23.7 Å². The number of aliphatic hydroxyl groups excluding tert-OH is 1. The van der Waals surface area contributed by atoms with Crippen LogP contribution >= 0.6 is 0 Å². The van der Waals surface area contributed by atoms with E-state index >= 15 is 0 Å². The first-order chi connectivity index (χ1) is 9.67. The zero-order valence-electron chi connectivity index (χ0n) is 12.8. The van der Waals surface area contributed by atoms with Crippen molar-refractivity contribution in [3.63, 3.8) is 0 Å². The number of rotatable bonds is 4. The van der Waals surface area contributed by atoms with Crippen LogP contribution < -0.4 is 0 Å². The number of hydrogen-bond acceptors (Lipinski definition) is 2. The molecule has 0 aromatic rings. The molecule has 0 aromatic heterocycles. The standard InChI is InChI=1S/C17H29NO2/c1-12(11-19)14-4-6-18(7-5-14)17(20)10-16-9-13-2-3-15(16)8-13/h12-16,19H,2-11H2,1H3. The number of aliphatic hydroxyl groups is 1. The molecular formula is C17H29NO2. The van der Waals surface area contributed by atoms with E-state index < -0.39 is 0 Å². The Balaban J connectivity index is 1.45. The van der Waals surface area contributed by atoms with Crippen LogP contribution in [0.4, 0.5) is 0 Å². The first kappa shape index (κ1) is 14.4. The van der Waals surface area contributed by atoms with Gasteiger partial charge in [-0.1, -0.05) is 13.3 Å². The fourth-order valence-corrected chi connectivity index (χ4v) is 4.85. The van der Waals surface area contributed by atoms with Gasteiger partial charge in [0, 0.05) is 26.1 Å². The van der Waals surface area contributed by atoms with Gasteiger partial charge in [-0.2, -0.15) is 0 Å². The molecule has 4 atom stereocenters. The van der Waals surface area contributed by atoms with Crippen molar-refractivity contribution in [3.8, 4) is 0 Å². The molecule has 0 aromatic carbocycles. The molecule has 20 heavy (non-hydrogen) atoms. The number of amides is 1. The van der Waals surface area contributed by atoms with Gasteiger partial charge in [0.2, 0.25) is 5.91 Å². The van der Waals surface area contributed by atoms with Crippen molar-refractivity contribution in [1.29, 1.82) is 0 Å². The van der Waals surface area contributed by atoms with Gasteiger partial charge in [-0.15, -0.1) is 0 Å². The molecule has 1 N–H and O–H groups in total. The van der Waals surface area contributed by atoms with Crippen molar-refractivity contribution in [3.05, 3.63) is 0 Å². The minimum Gasteiger partial charge on any atom is -0.396 e. The highest BCUT2D eigenvalue weighted by atomic mass is 16.3. The fraction of sp³-hybridized carbons (Fsp3) is 0.941. The summed E-state index contributed by atoms with van der Waals surface area (Å²) in [5.74, 6) is 3.88. The predicted molar refractivity (Wildman–Crippen MR) is 79.1 cm³/mol. The largest absolute Gasteiger partial charge is 0.396 e. The number of carbonyl (C=O) groups excluding carboxylic acids is 1. The quantitative estimate of drug-likeness (QED) is 0.859. The summed E-state index contributed by atoms with van der Waals surface area (Å²) in [6.45, 7) is 4.23. The third kappa shape index (κ3) is 2.88. The Morgan fingerprint density at radius 3 is 2.50 bits per heavy atom. The van der Waals surface area contributed by atoms with Crippen molar-refractivity contribution in [2.75, 3.05) is 19.7 Å². The van der Waals surface area contributed by atoms with Gasteiger partial charge in [-0.3, -0.25) is 4.79 Å². The smallest absolute Gasteiger partial charge is 0.222 e. The maximum atomic E-state index is 12.5. The molecule has 1 saturated heterocycles. The van der Waals surface area contributed by atoms with Crippen LogP contribution in [-0.4, -0.2) is 35.6 Å². The molecule has 1 heterocycles. The second-order valence-corrected chi connectivity index (χ2v) is 7.52. The molecule has 3 aliphatic rings. The second kappa shape index (κ2) is 6.05. The number of likely N-dealkylation sites (tertiary alicyclic amines) is 1. The monoisotopic (exact) mass is 279 g/mol. The van der Waals surface area contributed by atoms with Crippen molar-refractivity contribution in [1.82, 2.24) is 4.90 Å². The third-order valence-electron chi connectivity index (χ3n) is 6.31. The van der Waals surface area contributed by atoms with E-state index in [1.807, 2.05) is 0 Å². The van der Waals surface area contributed by atoms with E-state index in [0.717, 1.165) is 44.2 Å². The summed E-state index contributed by atoms with van der Waals surface area (Å²) in [7, 11) is 0. The first-order valence-electron chi connectivity index (χ1n) is 8.56. The Kier molecular flexibility index (Phi) is 4.34. The second-order valence-electron chi connectivity index (χ2n) is 7.52. The number of hydrogen-bond donors (Lipinski definition) is 1. The number of piperidine rings is 1. The van der Waals surface area contributed by atoms with Crippen molar-refractivity contribution in [2.24, 2.45) is 29.6 Å². The highest BCUT2D eigenvalue weighted by molar-refractivity contribution is 5.76. The van der Waals surface area contributed by atoms with Gasteiger partial charge in [0.15, 0.2) is 0 Å². The lowest BCUT2D eigenvalue weighted by Crippen LogP contribution is -2.41.